The van der Waals surface area contributed by atoms with Gasteiger partial charge in [0.2, 0.25) is 0 Å². The molecule has 0 aromatic heterocycles. The highest BCUT2D eigenvalue weighted by atomic mass is 35.5. The van der Waals surface area contributed by atoms with Crippen molar-refractivity contribution in [3.05, 3.63) is 70.2 Å². The Bertz CT molecular complexity index is 558. The molecule has 2 aromatic carbocycles. The fourth-order valence-electron chi connectivity index (χ4n) is 2.62. The monoisotopic (exact) mass is 271 g/mol. The van der Waals surface area contributed by atoms with E-state index in [9.17, 15) is 0 Å². The van der Waals surface area contributed by atoms with Crippen molar-refractivity contribution < 1.29 is 0 Å². The van der Waals surface area contributed by atoms with E-state index in [-0.39, 0.29) is 6.04 Å². The molecule has 1 fully saturated rings. The predicted octanol–water partition coefficient (Wildman–Crippen LogP) is 4.66. The Morgan fingerprint density at radius 3 is 2.26 bits per heavy atom. The zero-order chi connectivity index (χ0) is 13.2. The molecule has 0 radical (unpaired) electrons. The average Bonchev–Trinajstić information content (AvgIpc) is 2.37. The summed E-state index contributed by atoms with van der Waals surface area (Å²) in [5.74, 6) is 0.769. The fraction of sp³-hybridized carbons (Fsp3) is 0.294. The van der Waals surface area contributed by atoms with Gasteiger partial charge in [0.25, 0.3) is 0 Å². The molecule has 0 saturated heterocycles. The molecule has 1 aliphatic carbocycles. The molecule has 2 aromatic rings. The standard InChI is InChI=1S/C17H18ClN/c18-16-7-2-1-6-15(16)17(19)14-10-8-13(9-11-14)12-4-3-5-12/h1-2,6-12,17H,3-5,19H2. The Hall–Kier alpha value is -1.31. The van der Waals surface area contributed by atoms with Crippen molar-refractivity contribution in [1.29, 1.82) is 0 Å². The molecule has 1 nitrogen and oxygen atoms in total. The minimum absolute atomic E-state index is 0.149. The second kappa shape index (κ2) is 5.36. The summed E-state index contributed by atoms with van der Waals surface area (Å²) < 4.78 is 0. The third-order valence-electron chi connectivity index (χ3n) is 4.11. The summed E-state index contributed by atoms with van der Waals surface area (Å²) >= 11 is 6.20. The van der Waals surface area contributed by atoms with Gasteiger partial charge in [0.15, 0.2) is 0 Å². The summed E-state index contributed by atoms with van der Waals surface area (Å²) in [7, 11) is 0. The molecule has 1 unspecified atom stereocenters. The maximum atomic E-state index is 6.31. The molecular weight excluding hydrogens is 254 g/mol. The van der Waals surface area contributed by atoms with Gasteiger partial charge in [-0.3, -0.25) is 0 Å². The number of hydrogen-bond donors (Lipinski definition) is 1. The van der Waals surface area contributed by atoms with Gasteiger partial charge in [0.05, 0.1) is 6.04 Å². The molecule has 0 amide bonds. The lowest BCUT2D eigenvalue weighted by atomic mass is 9.79. The predicted molar refractivity (Wildman–Crippen MR) is 80.5 cm³/mol. The van der Waals surface area contributed by atoms with Gasteiger partial charge in [-0.25, -0.2) is 0 Å². The molecule has 0 bridgehead atoms. The van der Waals surface area contributed by atoms with Crippen LogP contribution in [0.3, 0.4) is 0 Å². The number of nitrogens with two attached hydrogens (primary N) is 1. The Morgan fingerprint density at radius 1 is 1.00 bits per heavy atom. The van der Waals surface area contributed by atoms with Crippen molar-refractivity contribution in [2.45, 2.75) is 31.2 Å². The number of benzene rings is 2. The molecule has 1 aliphatic rings. The van der Waals surface area contributed by atoms with Crippen LogP contribution >= 0.6 is 11.6 Å². The molecule has 0 spiro atoms. The van der Waals surface area contributed by atoms with Gasteiger partial charge in [-0.15, -0.1) is 0 Å². The molecule has 3 rings (SSSR count). The molecule has 19 heavy (non-hydrogen) atoms. The minimum Gasteiger partial charge on any atom is -0.320 e. The third-order valence-corrected chi connectivity index (χ3v) is 4.46. The van der Waals surface area contributed by atoms with Gasteiger partial charge in [-0.05, 0) is 41.5 Å². The molecule has 0 aliphatic heterocycles. The van der Waals surface area contributed by atoms with Crippen molar-refractivity contribution in [2.24, 2.45) is 5.73 Å². The van der Waals surface area contributed by atoms with E-state index in [0.29, 0.717) is 0 Å². The number of hydrogen-bond acceptors (Lipinski definition) is 1. The van der Waals surface area contributed by atoms with Crippen molar-refractivity contribution in [3.63, 3.8) is 0 Å². The van der Waals surface area contributed by atoms with E-state index < -0.39 is 0 Å². The van der Waals surface area contributed by atoms with Gasteiger partial charge in [0, 0.05) is 5.02 Å². The zero-order valence-corrected chi connectivity index (χ0v) is 11.6. The van der Waals surface area contributed by atoms with Crippen molar-refractivity contribution >= 4 is 11.6 Å². The van der Waals surface area contributed by atoms with Gasteiger partial charge in [-0.2, -0.15) is 0 Å². The summed E-state index contributed by atoms with van der Waals surface area (Å²) in [6, 6.07) is 16.4. The molecule has 98 valence electrons. The van der Waals surface area contributed by atoms with Gasteiger partial charge in [-0.1, -0.05) is 60.5 Å². The van der Waals surface area contributed by atoms with Crippen LogP contribution in [0.5, 0.6) is 0 Å². The first-order valence-corrected chi connectivity index (χ1v) is 7.23. The van der Waals surface area contributed by atoms with Gasteiger partial charge >= 0.3 is 0 Å². The smallest absolute Gasteiger partial charge is 0.0566 e. The number of rotatable bonds is 3. The maximum absolute atomic E-state index is 6.31. The lowest BCUT2D eigenvalue weighted by molar-refractivity contribution is 0.419. The van der Waals surface area contributed by atoms with Crippen molar-refractivity contribution in [2.75, 3.05) is 0 Å². The van der Waals surface area contributed by atoms with E-state index >= 15 is 0 Å². The SMILES string of the molecule is NC(c1ccc(C2CCC2)cc1)c1ccccc1Cl. The van der Waals surface area contributed by atoms with Crippen LogP contribution in [-0.4, -0.2) is 0 Å². The van der Waals surface area contributed by atoms with Crippen molar-refractivity contribution in [3.8, 4) is 0 Å². The topological polar surface area (TPSA) is 26.0 Å². The van der Waals surface area contributed by atoms with E-state index in [0.717, 1.165) is 22.1 Å². The Balaban J connectivity index is 1.83. The highest BCUT2D eigenvalue weighted by Crippen LogP contribution is 2.36. The minimum atomic E-state index is -0.149. The Kier molecular flexibility index (Phi) is 3.58. The summed E-state index contributed by atoms with van der Waals surface area (Å²) in [5.41, 5.74) is 9.86. The second-order valence-electron chi connectivity index (χ2n) is 5.29. The van der Waals surface area contributed by atoms with Crippen LogP contribution < -0.4 is 5.73 Å². The first-order chi connectivity index (χ1) is 9.25. The maximum Gasteiger partial charge on any atom is 0.0566 e. The normalized spacial score (nSPS) is 16.9. The highest BCUT2D eigenvalue weighted by molar-refractivity contribution is 6.31. The fourth-order valence-corrected chi connectivity index (χ4v) is 2.88. The summed E-state index contributed by atoms with van der Waals surface area (Å²) in [6.45, 7) is 0. The summed E-state index contributed by atoms with van der Waals surface area (Å²) in [4.78, 5) is 0. The molecular formula is C17H18ClN. The third kappa shape index (κ3) is 2.54. The average molecular weight is 272 g/mol. The van der Waals surface area contributed by atoms with Crippen molar-refractivity contribution in [1.82, 2.24) is 0 Å². The first-order valence-electron chi connectivity index (χ1n) is 6.85. The Morgan fingerprint density at radius 2 is 1.68 bits per heavy atom. The highest BCUT2D eigenvalue weighted by Gasteiger charge is 2.19. The van der Waals surface area contributed by atoms with Crippen LogP contribution in [0.1, 0.15) is 47.9 Å². The lowest BCUT2D eigenvalue weighted by Gasteiger charge is -2.26. The molecule has 1 atom stereocenters. The van der Waals surface area contributed by atoms with Crippen LogP contribution in [0.15, 0.2) is 48.5 Å². The molecule has 1 saturated carbocycles. The van der Waals surface area contributed by atoms with E-state index in [4.69, 9.17) is 17.3 Å². The van der Waals surface area contributed by atoms with E-state index in [1.807, 2.05) is 24.3 Å². The molecule has 2 N–H and O–H groups in total. The lowest BCUT2D eigenvalue weighted by Crippen LogP contribution is -2.13. The molecule has 2 heteroatoms. The van der Waals surface area contributed by atoms with Crippen LogP contribution in [0.4, 0.5) is 0 Å². The first kappa shape index (κ1) is 12.7. The summed E-state index contributed by atoms with van der Waals surface area (Å²) in [6.07, 6.45) is 4.03. The van der Waals surface area contributed by atoms with E-state index in [1.165, 1.54) is 24.8 Å². The number of halogens is 1. The largest absolute Gasteiger partial charge is 0.320 e. The van der Waals surface area contributed by atoms with Crippen LogP contribution in [0.2, 0.25) is 5.02 Å². The van der Waals surface area contributed by atoms with E-state index in [1.54, 1.807) is 0 Å². The quantitative estimate of drug-likeness (QED) is 0.864. The summed E-state index contributed by atoms with van der Waals surface area (Å²) in [5, 5.41) is 0.734. The Labute approximate surface area is 119 Å². The second-order valence-corrected chi connectivity index (χ2v) is 5.70. The molecule has 0 heterocycles. The van der Waals surface area contributed by atoms with Gasteiger partial charge < -0.3 is 5.73 Å². The zero-order valence-electron chi connectivity index (χ0n) is 10.9. The van der Waals surface area contributed by atoms with Gasteiger partial charge in [0.1, 0.15) is 0 Å². The van der Waals surface area contributed by atoms with Crippen LogP contribution in [0, 0.1) is 0 Å². The van der Waals surface area contributed by atoms with E-state index in [2.05, 4.69) is 24.3 Å². The van der Waals surface area contributed by atoms with Crippen LogP contribution in [0.25, 0.3) is 0 Å². The van der Waals surface area contributed by atoms with Crippen LogP contribution in [-0.2, 0) is 0 Å².